The minimum absolute atomic E-state index is 0.192. The Morgan fingerprint density at radius 3 is 2.54 bits per heavy atom. The van der Waals surface area contributed by atoms with E-state index >= 15 is 0 Å². The van der Waals surface area contributed by atoms with Gasteiger partial charge >= 0.3 is 0 Å². The molecule has 0 saturated carbocycles. The summed E-state index contributed by atoms with van der Waals surface area (Å²) in [4.78, 5) is 11.6. The second-order valence-corrected chi connectivity index (χ2v) is 3.88. The highest BCUT2D eigenvalue weighted by Crippen LogP contribution is 2.09. The van der Waals surface area contributed by atoms with Crippen molar-refractivity contribution < 1.29 is 0 Å². The number of pyridine rings is 1. The van der Waals surface area contributed by atoms with Gasteiger partial charge in [0.2, 0.25) is 0 Å². The summed E-state index contributed by atoms with van der Waals surface area (Å²) in [5.41, 5.74) is -0.306. The van der Waals surface area contributed by atoms with Gasteiger partial charge in [0.1, 0.15) is 11.6 Å². The first-order valence-electron chi connectivity index (χ1n) is 4.09. The molecule has 1 heterocycles. The average Bonchev–Trinajstić information content (AvgIpc) is 2.02. The van der Waals surface area contributed by atoms with E-state index < -0.39 is 0 Å². The van der Waals surface area contributed by atoms with Crippen LogP contribution >= 0.6 is 0 Å². The van der Waals surface area contributed by atoms with Crippen LogP contribution in [0.25, 0.3) is 0 Å². The third-order valence-corrected chi connectivity index (χ3v) is 1.79. The molecule has 1 rings (SSSR count). The van der Waals surface area contributed by atoms with Crippen molar-refractivity contribution in [3.05, 3.63) is 34.2 Å². The van der Waals surface area contributed by atoms with Crippen molar-refractivity contribution in [2.75, 3.05) is 0 Å². The lowest BCUT2D eigenvalue weighted by Gasteiger charge is -2.21. The van der Waals surface area contributed by atoms with Gasteiger partial charge in [-0.25, -0.2) is 0 Å². The second kappa shape index (κ2) is 3.06. The Kier molecular flexibility index (Phi) is 2.24. The Balaban J connectivity index is 3.44. The third kappa shape index (κ3) is 1.78. The van der Waals surface area contributed by atoms with Gasteiger partial charge in [-0.05, 0) is 32.9 Å². The highest BCUT2D eigenvalue weighted by Gasteiger charge is 2.15. The predicted octanol–water partition coefficient (Wildman–Crippen LogP) is 1.47. The van der Waals surface area contributed by atoms with Gasteiger partial charge in [0.15, 0.2) is 0 Å². The Labute approximate surface area is 77.2 Å². The summed E-state index contributed by atoms with van der Waals surface area (Å²) in [7, 11) is 0. The average molecular weight is 176 g/mol. The number of hydrogen-bond donors (Lipinski definition) is 0. The topological polar surface area (TPSA) is 45.8 Å². The van der Waals surface area contributed by atoms with Crippen LogP contribution in [0.2, 0.25) is 0 Å². The maximum Gasteiger partial charge on any atom is 0.268 e. The van der Waals surface area contributed by atoms with Crippen LogP contribution in [0.1, 0.15) is 26.3 Å². The van der Waals surface area contributed by atoms with Crippen molar-refractivity contribution in [1.29, 1.82) is 5.26 Å². The molecule has 1 aromatic rings. The highest BCUT2D eigenvalue weighted by molar-refractivity contribution is 5.25. The van der Waals surface area contributed by atoms with E-state index in [1.807, 2.05) is 26.8 Å². The van der Waals surface area contributed by atoms with Crippen LogP contribution in [0.3, 0.4) is 0 Å². The predicted molar refractivity (Wildman–Crippen MR) is 50.4 cm³/mol. The molecule has 1 aromatic heterocycles. The zero-order valence-electron chi connectivity index (χ0n) is 8.03. The van der Waals surface area contributed by atoms with Crippen molar-refractivity contribution in [3.63, 3.8) is 0 Å². The second-order valence-electron chi connectivity index (χ2n) is 3.88. The molecule has 0 radical (unpaired) electrons. The van der Waals surface area contributed by atoms with Crippen LogP contribution in [0, 0.1) is 11.3 Å². The van der Waals surface area contributed by atoms with Gasteiger partial charge in [-0.2, -0.15) is 5.26 Å². The standard InChI is InChI=1S/C10H12N2O/c1-10(2,3)12-6-4-5-8(7-11)9(12)13/h4-6H,1-3H3. The zero-order valence-corrected chi connectivity index (χ0v) is 8.03. The monoisotopic (exact) mass is 176 g/mol. The van der Waals surface area contributed by atoms with Gasteiger partial charge in [-0.1, -0.05) is 0 Å². The lowest BCUT2D eigenvalue weighted by atomic mass is 10.1. The lowest BCUT2D eigenvalue weighted by molar-refractivity contribution is 0.383. The van der Waals surface area contributed by atoms with E-state index in [4.69, 9.17) is 5.26 Å². The maximum absolute atomic E-state index is 11.6. The quantitative estimate of drug-likeness (QED) is 0.601. The van der Waals surface area contributed by atoms with Crippen molar-refractivity contribution >= 4 is 0 Å². The Hall–Kier alpha value is -1.56. The summed E-state index contributed by atoms with van der Waals surface area (Å²) in [6.45, 7) is 5.78. The molecule has 0 atom stereocenters. The Morgan fingerprint density at radius 2 is 2.08 bits per heavy atom. The summed E-state index contributed by atoms with van der Waals surface area (Å²) >= 11 is 0. The van der Waals surface area contributed by atoms with Crippen molar-refractivity contribution in [2.45, 2.75) is 26.3 Å². The number of nitriles is 1. The molecule has 0 N–H and O–H groups in total. The van der Waals surface area contributed by atoms with Gasteiger partial charge in [-0.3, -0.25) is 4.79 Å². The Morgan fingerprint density at radius 1 is 1.46 bits per heavy atom. The van der Waals surface area contributed by atoms with E-state index in [1.54, 1.807) is 16.8 Å². The molecule has 0 aliphatic carbocycles. The molecule has 0 unspecified atom stereocenters. The molecule has 3 nitrogen and oxygen atoms in total. The van der Waals surface area contributed by atoms with Crippen LogP contribution in [-0.4, -0.2) is 4.57 Å². The number of aromatic nitrogens is 1. The minimum Gasteiger partial charge on any atom is -0.309 e. The highest BCUT2D eigenvalue weighted by atomic mass is 16.1. The van der Waals surface area contributed by atoms with E-state index in [-0.39, 0.29) is 16.7 Å². The molecular weight excluding hydrogens is 164 g/mol. The molecule has 68 valence electrons. The summed E-state index contributed by atoms with van der Waals surface area (Å²) < 4.78 is 1.56. The number of rotatable bonds is 0. The van der Waals surface area contributed by atoms with Crippen LogP contribution in [0.15, 0.2) is 23.1 Å². The van der Waals surface area contributed by atoms with Crippen LogP contribution in [0.5, 0.6) is 0 Å². The van der Waals surface area contributed by atoms with Crippen molar-refractivity contribution in [1.82, 2.24) is 4.57 Å². The molecule has 0 fully saturated rings. The number of hydrogen-bond acceptors (Lipinski definition) is 2. The van der Waals surface area contributed by atoms with Crippen LogP contribution in [-0.2, 0) is 5.54 Å². The fourth-order valence-electron chi connectivity index (χ4n) is 1.11. The maximum atomic E-state index is 11.6. The van der Waals surface area contributed by atoms with E-state index in [9.17, 15) is 4.79 Å². The first-order valence-corrected chi connectivity index (χ1v) is 4.09. The number of nitrogens with zero attached hydrogens (tertiary/aromatic N) is 2. The van der Waals surface area contributed by atoms with E-state index in [1.165, 1.54) is 6.07 Å². The van der Waals surface area contributed by atoms with Crippen LogP contribution in [0.4, 0.5) is 0 Å². The molecular formula is C10H12N2O. The van der Waals surface area contributed by atoms with E-state index in [0.29, 0.717) is 0 Å². The first kappa shape index (κ1) is 9.53. The molecule has 13 heavy (non-hydrogen) atoms. The van der Waals surface area contributed by atoms with Gasteiger partial charge in [0.05, 0.1) is 0 Å². The molecule has 0 aliphatic heterocycles. The largest absolute Gasteiger partial charge is 0.309 e. The molecule has 0 aliphatic rings. The normalized spacial score (nSPS) is 10.9. The SMILES string of the molecule is CC(C)(C)n1cccc(C#N)c1=O. The molecule has 0 aromatic carbocycles. The minimum atomic E-state index is -0.274. The molecule has 3 heteroatoms. The Bertz CT molecular complexity index is 404. The summed E-state index contributed by atoms with van der Waals surface area (Å²) in [6, 6.07) is 5.12. The lowest BCUT2D eigenvalue weighted by Crippen LogP contribution is -2.34. The van der Waals surface area contributed by atoms with E-state index in [2.05, 4.69) is 0 Å². The summed E-state index contributed by atoms with van der Waals surface area (Å²) in [6.07, 6.45) is 1.70. The fraction of sp³-hybridized carbons (Fsp3) is 0.400. The summed E-state index contributed by atoms with van der Waals surface area (Å²) in [5, 5.41) is 8.65. The summed E-state index contributed by atoms with van der Waals surface area (Å²) in [5.74, 6) is 0. The van der Waals surface area contributed by atoms with Crippen molar-refractivity contribution in [3.8, 4) is 6.07 Å². The van der Waals surface area contributed by atoms with Gasteiger partial charge < -0.3 is 4.57 Å². The third-order valence-electron chi connectivity index (χ3n) is 1.79. The first-order chi connectivity index (χ1) is 5.96. The fourth-order valence-corrected chi connectivity index (χ4v) is 1.11. The molecule has 0 saturated heterocycles. The van der Waals surface area contributed by atoms with Crippen LogP contribution < -0.4 is 5.56 Å². The molecule has 0 amide bonds. The van der Waals surface area contributed by atoms with Gasteiger partial charge in [-0.15, -0.1) is 0 Å². The molecule has 0 bridgehead atoms. The van der Waals surface area contributed by atoms with Gasteiger partial charge in [0, 0.05) is 11.7 Å². The van der Waals surface area contributed by atoms with E-state index in [0.717, 1.165) is 0 Å². The zero-order chi connectivity index (χ0) is 10.1. The molecule has 0 spiro atoms. The smallest absolute Gasteiger partial charge is 0.268 e. The van der Waals surface area contributed by atoms with Crippen molar-refractivity contribution in [2.24, 2.45) is 0 Å². The van der Waals surface area contributed by atoms with Gasteiger partial charge in [0.25, 0.3) is 5.56 Å².